The number of hydrogen-bond donors (Lipinski definition) is 0. The first-order valence-electron chi connectivity index (χ1n) is 2.42. The molecule has 0 aromatic heterocycles. The third kappa shape index (κ3) is 18.1. The van der Waals surface area contributed by atoms with Crippen LogP contribution in [0.1, 0.15) is 14.9 Å². The first-order chi connectivity index (χ1) is 3.13. The molecule has 0 aliphatic rings. The van der Waals surface area contributed by atoms with Crippen LogP contribution in [-0.4, -0.2) is 44.7 Å². The van der Waals surface area contributed by atoms with Crippen LogP contribution in [0.3, 0.4) is 0 Å². The summed E-state index contributed by atoms with van der Waals surface area (Å²) in [5.74, 6) is 0. The van der Waals surface area contributed by atoms with Crippen molar-refractivity contribution in [1.82, 2.24) is 9.80 Å². The lowest BCUT2D eigenvalue weighted by molar-refractivity contribution is 0.245. The van der Waals surface area contributed by atoms with Gasteiger partial charge in [-0.3, -0.25) is 9.80 Å². The summed E-state index contributed by atoms with van der Waals surface area (Å²) in [5, 5.41) is 0. The first kappa shape index (κ1) is 16.0. The lowest BCUT2D eigenvalue weighted by Crippen LogP contribution is -2.26. The van der Waals surface area contributed by atoms with E-state index in [2.05, 4.69) is 38.0 Å². The van der Waals surface area contributed by atoms with Crippen LogP contribution in [0.5, 0.6) is 0 Å². The molecule has 2 heteroatoms. The van der Waals surface area contributed by atoms with Crippen molar-refractivity contribution in [3.05, 3.63) is 0 Å². The highest BCUT2D eigenvalue weighted by atomic mass is 15.2. The number of nitrogens with zero attached hydrogens (tertiary/aromatic N) is 2. The van der Waals surface area contributed by atoms with E-state index in [1.54, 1.807) is 0 Å². The van der Waals surface area contributed by atoms with E-state index in [0.717, 1.165) is 6.67 Å². The van der Waals surface area contributed by atoms with Crippen LogP contribution in [0.15, 0.2) is 0 Å². The molecule has 0 rings (SSSR count). The van der Waals surface area contributed by atoms with Gasteiger partial charge >= 0.3 is 0 Å². The predicted octanol–water partition coefficient (Wildman–Crippen LogP) is 1.34. The lowest BCUT2D eigenvalue weighted by atomic mass is 10.8. The molecule has 0 aromatic carbocycles. The minimum Gasteiger partial charge on any atom is -0.297 e. The first-order valence-corrected chi connectivity index (χ1v) is 2.42. The fourth-order valence-electron chi connectivity index (χ4n) is 0.566. The van der Waals surface area contributed by atoms with Gasteiger partial charge in [-0.2, -0.15) is 0 Å². The van der Waals surface area contributed by atoms with Gasteiger partial charge in [0, 0.05) is 6.67 Å². The van der Waals surface area contributed by atoms with Crippen molar-refractivity contribution in [3.8, 4) is 0 Å². The van der Waals surface area contributed by atoms with E-state index in [-0.39, 0.29) is 14.9 Å². The molecule has 0 N–H and O–H groups in total. The molecule has 0 spiro atoms. The van der Waals surface area contributed by atoms with Gasteiger partial charge in [-0.1, -0.05) is 14.9 Å². The van der Waals surface area contributed by atoms with Crippen molar-refractivity contribution >= 4 is 0 Å². The summed E-state index contributed by atoms with van der Waals surface area (Å²) < 4.78 is 0. The average molecular weight is 134 g/mol. The monoisotopic (exact) mass is 134 g/mol. The second-order valence-corrected chi connectivity index (χ2v) is 2.30. The Kier molecular flexibility index (Phi) is 14.0. The van der Waals surface area contributed by atoms with Crippen molar-refractivity contribution < 1.29 is 0 Å². The zero-order valence-electron chi connectivity index (χ0n) is 5.60. The molecule has 0 aliphatic carbocycles. The van der Waals surface area contributed by atoms with Gasteiger partial charge in [-0.15, -0.1) is 0 Å². The summed E-state index contributed by atoms with van der Waals surface area (Å²) >= 11 is 0. The van der Waals surface area contributed by atoms with Gasteiger partial charge in [0.25, 0.3) is 0 Å². The molecule has 2 nitrogen and oxygen atoms in total. The Labute approximate surface area is 60.5 Å². The molecule has 0 amide bonds. The molecular weight excluding hydrogens is 112 g/mol. The van der Waals surface area contributed by atoms with Gasteiger partial charge in [0.1, 0.15) is 0 Å². The van der Waals surface area contributed by atoms with Crippen LogP contribution >= 0.6 is 0 Å². The van der Waals surface area contributed by atoms with E-state index in [0.29, 0.717) is 0 Å². The molecule has 0 aromatic rings. The number of hydrogen-bond acceptors (Lipinski definition) is 2. The van der Waals surface area contributed by atoms with E-state index in [1.807, 2.05) is 0 Å². The molecule has 0 saturated heterocycles. The highest BCUT2D eigenvalue weighted by Gasteiger charge is 1.87. The van der Waals surface area contributed by atoms with Crippen molar-refractivity contribution in [2.45, 2.75) is 14.9 Å². The van der Waals surface area contributed by atoms with Crippen LogP contribution in [0.4, 0.5) is 0 Å². The molecular formula is C7H22N2. The molecule has 0 fully saturated rings. The van der Waals surface area contributed by atoms with Crippen LogP contribution in [-0.2, 0) is 0 Å². The summed E-state index contributed by atoms with van der Waals surface area (Å²) in [4.78, 5) is 4.25. The van der Waals surface area contributed by atoms with Gasteiger partial charge < -0.3 is 0 Å². The summed E-state index contributed by atoms with van der Waals surface area (Å²) in [6, 6.07) is 0. The van der Waals surface area contributed by atoms with Gasteiger partial charge in [-0.05, 0) is 28.2 Å². The fourth-order valence-corrected chi connectivity index (χ4v) is 0.566. The van der Waals surface area contributed by atoms with Crippen LogP contribution < -0.4 is 0 Å². The topological polar surface area (TPSA) is 6.48 Å². The minimum atomic E-state index is 0. The maximum absolute atomic E-state index is 2.12. The Balaban J connectivity index is -0.000000180. The quantitative estimate of drug-likeness (QED) is 0.526. The third-order valence-electron chi connectivity index (χ3n) is 0.566. The Bertz CT molecular complexity index is 36.2. The fraction of sp³-hybridized carbons (Fsp3) is 1.00. The Hall–Kier alpha value is -0.0800. The summed E-state index contributed by atoms with van der Waals surface area (Å²) in [5.41, 5.74) is 0. The van der Waals surface area contributed by atoms with Gasteiger partial charge in [-0.25, -0.2) is 0 Å². The zero-order valence-corrected chi connectivity index (χ0v) is 5.60. The van der Waals surface area contributed by atoms with E-state index < -0.39 is 0 Å². The minimum absolute atomic E-state index is 0. The Morgan fingerprint density at radius 1 is 0.778 bits per heavy atom. The number of rotatable bonds is 2. The molecule has 0 atom stereocenters. The van der Waals surface area contributed by atoms with Gasteiger partial charge in [0.2, 0.25) is 0 Å². The molecule has 0 heterocycles. The lowest BCUT2D eigenvalue weighted by Gasteiger charge is -2.14. The van der Waals surface area contributed by atoms with Gasteiger partial charge in [0.15, 0.2) is 0 Å². The van der Waals surface area contributed by atoms with Crippen LogP contribution in [0, 0.1) is 0 Å². The maximum atomic E-state index is 2.12. The maximum Gasteiger partial charge on any atom is 0.0495 e. The normalized spacial score (nSPS) is 8.67. The van der Waals surface area contributed by atoms with Crippen molar-refractivity contribution in [2.75, 3.05) is 34.9 Å². The molecule has 0 aliphatic heterocycles. The summed E-state index contributed by atoms with van der Waals surface area (Å²) in [7, 11) is 8.22. The molecule has 0 saturated carbocycles. The molecule has 0 unspecified atom stereocenters. The molecule has 0 radical (unpaired) electrons. The third-order valence-corrected chi connectivity index (χ3v) is 0.566. The van der Waals surface area contributed by atoms with Crippen LogP contribution in [0.2, 0.25) is 0 Å². The molecule has 60 valence electrons. The summed E-state index contributed by atoms with van der Waals surface area (Å²) in [6.07, 6.45) is 0. The van der Waals surface area contributed by atoms with Crippen molar-refractivity contribution in [2.24, 2.45) is 0 Å². The molecule has 9 heavy (non-hydrogen) atoms. The SMILES string of the molecule is C.C.CN(C)CN(C)C. The highest BCUT2D eigenvalue weighted by molar-refractivity contribution is 4.35. The van der Waals surface area contributed by atoms with Gasteiger partial charge in [0.05, 0.1) is 0 Å². The Morgan fingerprint density at radius 2 is 1.00 bits per heavy atom. The molecule has 0 bridgehead atoms. The van der Waals surface area contributed by atoms with Crippen molar-refractivity contribution in [1.29, 1.82) is 0 Å². The predicted molar refractivity (Wildman–Crippen MR) is 45.7 cm³/mol. The summed E-state index contributed by atoms with van der Waals surface area (Å²) in [6.45, 7) is 1.03. The largest absolute Gasteiger partial charge is 0.297 e. The Morgan fingerprint density at radius 3 is 1.00 bits per heavy atom. The standard InChI is InChI=1S/C5H14N2.2CH4/c1-6(2)5-7(3)4;;/h5H2,1-4H3;2*1H4. The second-order valence-electron chi connectivity index (χ2n) is 2.30. The van der Waals surface area contributed by atoms with E-state index >= 15 is 0 Å². The smallest absolute Gasteiger partial charge is 0.0495 e. The van der Waals surface area contributed by atoms with E-state index in [1.165, 1.54) is 0 Å². The highest BCUT2D eigenvalue weighted by Crippen LogP contribution is 1.74. The van der Waals surface area contributed by atoms with Crippen LogP contribution in [0.25, 0.3) is 0 Å². The van der Waals surface area contributed by atoms with E-state index in [9.17, 15) is 0 Å². The average Bonchev–Trinajstić information content (AvgIpc) is 1.27. The van der Waals surface area contributed by atoms with Crippen molar-refractivity contribution in [3.63, 3.8) is 0 Å². The van der Waals surface area contributed by atoms with E-state index in [4.69, 9.17) is 0 Å². The second kappa shape index (κ2) is 7.92. The zero-order chi connectivity index (χ0) is 5.86.